The average molecular weight is 444 g/mol. The van der Waals surface area contributed by atoms with Crippen LogP contribution in [0, 0.1) is 5.92 Å². The molecule has 0 aliphatic carbocycles. The van der Waals surface area contributed by atoms with Crippen molar-refractivity contribution in [3.05, 3.63) is 24.3 Å². The van der Waals surface area contributed by atoms with E-state index in [2.05, 4.69) is 5.32 Å². The lowest BCUT2D eigenvalue weighted by Gasteiger charge is -2.36. The normalized spacial score (nSPS) is 18.0. The highest BCUT2D eigenvalue weighted by atomic mass is 32.2. The molecule has 2 amide bonds. The number of ether oxygens (including phenoxy) is 1. The molecule has 1 aliphatic heterocycles. The molecule has 30 heavy (non-hydrogen) atoms. The molecule has 11 heteroatoms. The number of rotatable bonds is 9. The van der Waals surface area contributed by atoms with E-state index in [0.717, 1.165) is 0 Å². The third-order valence-corrected chi connectivity index (χ3v) is 7.36. The molecule has 2 atom stereocenters. The first kappa shape index (κ1) is 24.1. The molecular weight excluding hydrogens is 412 g/mol. The van der Waals surface area contributed by atoms with Crippen LogP contribution in [0.3, 0.4) is 0 Å². The standard InChI is InChI=1S/C19H30N4O6S/c1-14(2)18(19(20)25)23(26,13-8-17(24)22-11-9-21-10-12-22)30(27,28)16-6-4-15(29-3)5-7-16/h4-7,14,18,21,26H,8-13H2,1-3H3,(H-,20,25)/p+1/t18-,23?/m1/s1. The molecule has 0 radical (unpaired) electrons. The van der Waals surface area contributed by atoms with Gasteiger partial charge in [-0.05, 0) is 24.3 Å². The fourth-order valence-corrected chi connectivity index (χ4v) is 5.48. The fraction of sp³-hybridized carbons (Fsp3) is 0.579. The van der Waals surface area contributed by atoms with Gasteiger partial charge in [0.1, 0.15) is 17.2 Å². The van der Waals surface area contributed by atoms with Gasteiger partial charge in [0, 0.05) is 32.1 Å². The zero-order chi connectivity index (χ0) is 22.5. The number of benzene rings is 1. The van der Waals surface area contributed by atoms with Crippen molar-refractivity contribution in [2.45, 2.75) is 31.2 Å². The highest BCUT2D eigenvalue weighted by molar-refractivity contribution is 7.85. The number of methoxy groups -OCH3 is 1. The van der Waals surface area contributed by atoms with Crippen molar-refractivity contribution in [3.8, 4) is 5.75 Å². The molecule has 0 spiro atoms. The Morgan fingerprint density at radius 3 is 2.27 bits per heavy atom. The maximum absolute atomic E-state index is 13.4. The Morgan fingerprint density at radius 1 is 1.23 bits per heavy atom. The van der Waals surface area contributed by atoms with Crippen molar-refractivity contribution in [1.82, 2.24) is 10.2 Å². The number of primary amides is 1. The Balaban J connectivity index is 2.41. The molecule has 168 valence electrons. The van der Waals surface area contributed by atoms with Gasteiger partial charge in [0.2, 0.25) is 11.9 Å². The zero-order valence-corrected chi connectivity index (χ0v) is 18.4. The number of nitrogens with one attached hydrogen (secondary N) is 1. The van der Waals surface area contributed by atoms with Crippen molar-refractivity contribution in [2.75, 3.05) is 39.8 Å². The van der Waals surface area contributed by atoms with Crippen LogP contribution >= 0.6 is 0 Å². The molecule has 1 aromatic rings. The van der Waals surface area contributed by atoms with Crippen LogP contribution in [0.1, 0.15) is 20.3 Å². The number of sulfonamides is 1. The van der Waals surface area contributed by atoms with Gasteiger partial charge < -0.3 is 20.7 Å². The highest BCUT2D eigenvalue weighted by Crippen LogP contribution is 2.30. The van der Waals surface area contributed by atoms with Crippen LogP contribution in [0.5, 0.6) is 5.75 Å². The summed E-state index contributed by atoms with van der Waals surface area (Å²) in [5.74, 6) is -1.40. The minimum atomic E-state index is -4.49. The molecule has 0 saturated carbocycles. The van der Waals surface area contributed by atoms with Crippen LogP contribution in [-0.4, -0.2) is 80.3 Å². The number of carbonyl (C=O) groups is 2. The molecule has 0 bridgehead atoms. The van der Waals surface area contributed by atoms with E-state index >= 15 is 0 Å². The molecule has 1 saturated heterocycles. The Labute approximate surface area is 177 Å². The summed E-state index contributed by atoms with van der Waals surface area (Å²) in [6.07, 6.45) is -0.248. The molecule has 1 heterocycles. The Morgan fingerprint density at radius 2 is 1.80 bits per heavy atom. The van der Waals surface area contributed by atoms with Crippen LogP contribution in [-0.2, 0) is 19.6 Å². The summed E-state index contributed by atoms with van der Waals surface area (Å²) in [5, 5.41) is 14.5. The monoisotopic (exact) mass is 443 g/mol. The van der Waals surface area contributed by atoms with E-state index in [1.54, 1.807) is 18.7 Å². The minimum absolute atomic E-state index is 0.202. The van der Waals surface area contributed by atoms with Gasteiger partial charge >= 0.3 is 10.0 Å². The van der Waals surface area contributed by atoms with Crippen molar-refractivity contribution in [1.29, 1.82) is 0 Å². The van der Waals surface area contributed by atoms with Gasteiger partial charge in [0.05, 0.1) is 13.5 Å². The van der Waals surface area contributed by atoms with Crippen LogP contribution < -0.4 is 15.8 Å². The lowest BCUT2D eigenvalue weighted by Crippen LogP contribution is -2.64. The van der Waals surface area contributed by atoms with E-state index in [1.807, 2.05) is 0 Å². The predicted octanol–water partition coefficient (Wildman–Crippen LogP) is -0.0783. The van der Waals surface area contributed by atoms with Crippen molar-refractivity contribution in [3.63, 3.8) is 0 Å². The fourth-order valence-electron chi connectivity index (χ4n) is 3.66. The second-order valence-corrected chi connectivity index (χ2v) is 9.66. The lowest BCUT2D eigenvalue weighted by atomic mass is 10.0. The van der Waals surface area contributed by atoms with Crippen molar-refractivity contribution in [2.24, 2.45) is 11.7 Å². The topological polar surface area (TPSA) is 139 Å². The van der Waals surface area contributed by atoms with Crippen LogP contribution in [0.25, 0.3) is 0 Å². The number of quaternary nitrogens is 1. The van der Waals surface area contributed by atoms with Gasteiger partial charge in [-0.2, -0.15) is 13.6 Å². The number of hydrogen-bond donors (Lipinski definition) is 3. The summed E-state index contributed by atoms with van der Waals surface area (Å²) in [6.45, 7) is 4.98. The number of amides is 2. The first-order valence-corrected chi connectivity index (χ1v) is 11.3. The zero-order valence-electron chi connectivity index (χ0n) is 17.6. The minimum Gasteiger partial charge on any atom is -0.497 e. The van der Waals surface area contributed by atoms with Crippen LogP contribution in [0.4, 0.5) is 0 Å². The average Bonchev–Trinajstić information content (AvgIpc) is 2.72. The van der Waals surface area contributed by atoms with E-state index in [1.165, 1.54) is 31.4 Å². The number of carbonyl (C=O) groups excluding carboxylic acids is 2. The summed E-state index contributed by atoms with van der Waals surface area (Å²) in [5.41, 5.74) is 5.49. The molecule has 0 aromatic heterocycles. The van der Waals surface area contributed by atoms with Gasteiger partial charge in [-0.15, -0.1) is 0 Å². The van der Waals surface area contributed by atoms with Gasteiger partial charge in [-0.3, -0.25) is 9.59 Å². The van der Waals surface area contributed by atoms with Crippen LogP contribution in [0.15, 0.2) is 29.2 Å². The number of nitrogens with two attached hydrogens (primary N) is 1. The van der Waals surface area contributed by atoms with Gasteiger partial charge in [-0.1, -0.05) is 17.9 Å². The van der Waals surface area contributed by atoms with Gasteiger partial charge in [0.15, 0.2) is 0 Å². The summed E-state index contributed by atoms with van der Waals surface area (Å²) in [4.78, 5) is 26.2. The summed E-state index contributed by atoms with van der Waals surface area (Å²) in [6, 6.07) is 4.00. The Hall–Kier alpha value is -2.21. The number of hydrogen-bond acceptors (Lipinski definition) is 7. The molecule has 1 aromatic carbocycles. The summed E-state index contributed by atoms with van der Waals surface area (Å²) >= 11 is 0. The molecular formula is C19H31N4O6S+. The Bertz CT molecular complexity index is 852. The van der Waals surface area contributed by atoms with Crippen molar-refractivity contribution < 1.29 is 32.0 Å². The second kappa shape index (κ2) is 9.73. The maximum Gasteiger partial charge on any atom is 0.357 e. The van der Waals surface area contributed by atoms with Gasteiger partial charge in [0.25, 0.3) is 5.91 Å². The second-order valence-electron chi connectivity index (χ2n) is 7.60. The van der Waals surface area contributed by atoms with E-state index in [9.17, 15) is 23.2 Å². The highest BCUT2D eigenvalue weighted by Gasteiger charge is 2.54. The van der Waals surface area contributed by atoms with E-state index in [-0.39, 0.29) is 17.2 Å². The molecule has 1 fully saturated rings. The quantitative estimate of drug-likeness (QED) is 0.358. The first-order chi connectivity index (χ1) is 14.0. The molecule has 4 N–H and O–H groups in total. The SMILES string of the molecule is COc1ccc(S(=O)(=O)[N+](O)(CCC(=O)N2CCNCC2)[C@@H](C(N)=O)C(C)C)cc1. The van der Waals surface area contributed by atoms with Crippen LogP contribution in [0.2, 0.25) is 0 Å². The van der Waals surface area contributed by atoms with E-state index in [0.29, 0.717) is 31.9 Å². The molecule has 10 nitrogen and oxygen atoms in total. The lowest BCUT2D eigenvalue weighted by molar-refractivity contribution is -1.02. The largest absolute Gasteiger partial charge is 0.497 e. The summed E-state index contributed by atoms with van der Waals surface area (Å²) in [7, 11) is -3.04. The van der Waals surface area contributed by atoms with E-state index in [4.69, 9.17) is 10.5 Å². The number of nitrogens with zero attached hydrogens (tertiary/aromatic N) is 2. The number of hydroxylamine groups is 2. The first-order valence-electron chi connectivity index (χ1n) is 9.82. The maximum atomic E-state index is 13.4. The third-order valence-electron chi connectivity index (χ3n) is 5.25. The van der Waals surface area contributed by atoms with Gasteiger partial charge in [-0.25, -0.2) is 0 Å². The summed E-state index contributed by atoms with van der Waals surface area (Å²) < 4.78 is 30.2. The molecule has 1 unspecified atom stereocenters. The smallest absolute Gasteiger partial charge is 0.357 e. The van der Waals surface area contributed by atoms with Crippen molar-refractivity contribution >= 4 is 21.8 Å². The predicted molar refractivity (Wildman–Crippen MR) is 109 cm³/mol. The number of piperazine rings is 1. The molecule has 1 aliphatic rings. The van der Waals surface area contributed by atoms with E-state index < -0.39 is 38.5 Å². The third kappa shape index (κ3) is 4.91. The Kier molecular flexibility index (Phi) is 7.81. The molecule has 2 rings (SSSR count).